The quantitative estimate of drug-likeness (QED) is 0.834. The predicted molar refractivity (Wildman–Crippen MR) is 79.9 cm³/mol. The van der Waals surface area contributed by atoms with Crippen LogP contribution in [0.25, 0.3) is 0 Å². The van der Waals surface area contributed by atoms with Crippen LogP contribution < -0.4 is 20.5 Å². The summed E-state index contributed by atoms with van der Waals surface area (Å²) in [5.74, 6) is 0.718. The largest absolute Gasteiger partial charge is 0.493 e. The highest BCUT2D eigenvalue weighted by Gasteiger charge is 2.16. The van der Waals surface area contributed by atoms with Gasteiger partial charge in [-0.3, -0.25) is 9.48 Å². The fourth-order valence-electron chi connectivity index (χ4n) is 2.02. The number of rotatable bonds is 4. The minimum Gasteiger partial charge on any atom is -0.493 e. The average Bonchev–Trinajstić information content (AvgIpc) is 2.79. The van der Waals surface area contributed by atoms with Gasteiger partial charge in [0, 0.05) is 25.4 Å². The van der Waals surface area contributed by atoms with Crippen molar-refractivity contribution < 1.29 is 14.3 Å². The topological polar surface area (TPSA) is 91.4 Å². The molecule has 7 heteroatoms. The van der Waals surface area contributed by atoms with Crippen LogP contribution in [0.4, 0.5) is 11.4 Å². The highest BCUT2D eigenvalue weighted by atomic mass is 16.5. The van der Waals surface area contributed by atoms with Crippen molar-refractivity contribution in [1.82, 2.24) is 9.78 Å². The van der Waals surface area contributed by atoms with Crippen LogP contribution in [0.5, 0.6) is 11.5 Å². The summed E-state index contributed by atoms with van der Waals surface area (Å²) < 4.78 is 11.9. The highest BCUT2D eigenvalue weighted by Crippen LogP contribution is 2.35. The van der Waals surface area contributed by atoms with Gasteiger partial charge in [0.05, 0.1) is 36.9 Å². The number of amides is 1. The van der Waals surface area contributed by atoms with Gasteiger partial charge in [-0.1, -0.05) is 0 Å². The van der Waals surface area contributed by atoms with E-state index in [0.29, 0.717) is 34.1 Å². The summed E-state index contributed by atoms with van der Waals surface area (Å²) in [7, 11) is 4.80. The van der Waals surface area contributed by atoms with Crippen LogP contribution in [0.15, 0.2) is 18.3 Å². The zero-order valence-corrected chi connectivity index (χ0v) is 12.4. The van der Waals surface area contributed by atoms with E-state index in [2.05, 4.69) is 10.4 Å². The van der Waals surface area contributed by atoms with Gasteiger partial charge in [0.1, 0.15) is 0 Å². The van der Waals surface area contributed by atoms with Crippen LogP contribution in [-0.2, 0) is 7.05 Å². The lowest BCUT2D eigenvalue weighted by Crippen LogP contribution is -2.14. The normalized spacial score (nSPS) is 10.3. The Balaban J connectivity index is 2.31. The number of hydrogen-bond acceptors (Lipinski definition) is 5. The molecule has 0 aliphatic rings. The second-order valence-corrected chi connectivity index (χ2v) is 4.55. The number of nitrogens with one attached hydrogen (secondary N) is 1. The Morgan fingerprint density at radius 1 is 1.29 bits per heavy atom. The first-order chi connectivity index (χ1) is 9.96. The number of carbonyl (C=O) groups excluding carboxylic acids is 1. The van der Waals surface area contributed by atoms with Gasteiger partial charge in [0.15, 0.2) is 11.5 Å². The van der Waals surface area contributed by atoms with Gasteiger partial charge in [-0.05, 0) is 6.92 Å². The lowest BCUT2D eigenvalue weighted by atomic mass is 10.2. The maximum Gasteiger partial charge on any atom is 0.259 e. The Labute approximate surface area is 122 Å². The number of nitrogens with two attached hydrogens (primary N) is 1. The van der Waals surface area contributed by atoms with Crippen LogP contribution in [-0.4, -0.2) is 29.9 Å². The number of hydrogen-bond donors (Lipinski definition) is 2. The minimum absolute atomic E-state index is 0.278. The number of methoxy groups -OCH3 is 2. The fraction of sp³-hybridized carbons (Fsp3) is 0.286. The van der Waals surface area contributed by atoms with Crippen molar-refractivity contribution in [2.75, 3.05) is 25.3 Å². The molecule has 0 saturated carbocycles. The van der Waals surface area contributed by atoms with E-state index in [1.54, 1.807) is 37.0 Å². The average molecular weight is 290 g/mol. The first kappa shape index (κ1) is 14.7. The lowest BCUT2D eigenvalue weighted by molar-refractivity contribution is 0.102. The van der Waals surface area contributed by atoms with Crippen molar-refractivity contribution in [3.63, 3.8) is 0 Å². The lowest BCUT2D eigenvalue weighted by Gasteiger charge is -2.13. The van der Waals surface area contributed by atoms with Crippen LogP contribution in [0, 0.1) is 6.92 Å². The van der Waals surface area contributed by atoms with Crippen LogP contribution in [0.2, 0.25) is 0 Å². The molecule has 2 aromatic rings. The van der Waals surface area contributed by atoms with Crippen molar-refractivity contribution in [1.29, 1.82) is 0 Å². The van der Waals surface area contributed by atoms with Crippen LogP contribution in [0.1, 0.15) is 16.1 Å². The number of benzene rings is 1. The van der Waals surface area contributed by atoms with E-state index in [0.717, 1.165) is 0 Å². The highest BCUT2D eigenvalue weighted by molar-refractivity contribution is 6.06. The smallest absolute Gasteiger partial charge is 0.259 e. The molecule has 0 bridgehead atoms. The second-order valence-electron chi connectivity index (χ2n) is 4.55. The van der Waals surface area contributed by atoms with E-state index in [-0.39, 0.29) is 5.91 Å². The number of aromatic nitrogens is 2. The number of aryl methyl sites for hydroxylation is 2. The summed E-state index contributed by atoms with van der Waals surface area (Å²) in [6, 6.07) is 3.22. The molecule has 0 radical (unpaired) electrons. The molecule has 112 valence electrons. The molecule has 0 aliphatic carbocycles. The molecule has 0 saturated heterocycles. The van der Waals surface area contributed by atoms with Gasteiger partial charge in [-0.2, -0.15) is 5.10 Å². The minimum atomic E-state index is -0.278. The molecule has 1 aromatic heterocycles. The first-order valence-electron chi connectivity index (χ1n) is 6.29. The first-order valence-corrected chi connectivity index (χ1v) is 6.29. The van der Waals surface area contributed by atoms with E-state index >= 15 is 0 Å². The predicted octanol–water partition coefficient (Wildman–Crippen LogP) is 1.58. The summed E-state index contributed by atoms with van der Waals surface area (Å²) in [6.07, 6.45) is 1.65. The van der Waals surface area contributed by atoms with Crippen LogP contribution in [0.3, 0.4) is 0 Å². The zero-order valence-electron chi connectivity index (χ0n) is 12.4. The summed E-state index contributed by atoms with van der Waals surface area (Å²) in [4.78, 5) is 12.3. The number of nitrogen functional groups attached to an aromatic ring is 1. The van der Waals surface area contributed by atoms with Gasteiger partial charge in [-0.25, -0.2) is 0 Å². The van der Waals surface area contributed by atoms with Crippen LogP contribution >= 0.6 is 0 Å². The summed E-state index contributed by atoms with van der Waals surface area (Å²) >= 11 is 0. The Kier molecular flexibility index (Phi) is 4.02. The SMILES string of the molecule is COc1cc(N)c(NC(=O)c2cn(C)nc2C)cc1OC. The van der Waals surface area contributed by atoms with Crippen molar-refractivity contribution in [3.05, 3.63) is 29.6 Å². The number of ether oxygens (including phenoxy) is 2. The molecular weight excluding hydrogens is 272 g/mol. The Hall–Kier alpha value is -2.70. The maximum atomic E-state index is 12.3. The number of carbonyl (C=O) groups is 1. The van der Waals surface area contributed by atoms with Gasteiger partial charge in [0.2, 0.25) is 0 Å². The Bertz CT molecular complexity index is 679. The van der Waals surface area contributed by atoms with Gasteiger partial charge in [0.25, 0.3) is 5.91 Å². The number of nitrogens with zero attached hydrogens (tertiary/aromatic N) is 2. The van der Waals surface area contributed by atoms with Crippen molar-refractivity contribution in [2.45, 2.75) is 6.92 Å². The van der Waals surface area contributed by atoms with E-state index < -0.39 is 0 Å². The monoisotopic (exact) mass is 290 g/mol. The van der Waals surface area contributed by atoms with Crippen molar-refractivity contribution in [3.8, 4) is 11.5 Å². The van der Waals surface area contributed by atoms with Gasteiger partial charge >= 0.3 is 0 Å². The molecular formula is C14H18N4O3. The molecule has 1 heterocycles. The third kappa shape index (κ3) is 2.91. The van der Waals surface area contributed by atoms with Crippen molar-refractivity contribution >= 4 is 17.3 Å². The molecule has 0 spiro atoms. The molecule has 1 amide bonds. The molecule has 2 rings (SSSR count). The molecule has 1 aromatic carbocycles. The molecule has 0 aliphatic heterocycles. The third-order valence-corrected chi connectivity index (χ3v) is 3.06. The van der Waals surface area contributed by atoms with E-state index in [1.807, 2.05) is 0 Å². The van der Waals surface area contributed by atoms with Crippen molar-refractivity contribution in [2.24, 2.45) is 7.05 Å². The Morgan fingerprint density at radius 2 is 1.90 bits per heavy atom. The summed E-state index contributed by atoms with van der Waals surface area (Å²) in [6.45, 7) is 1.77. The molecule has 21 heavy (non-hydrogen) atoms. The van der Waals surface area contributed by atoms with E-state index in [9.17, 15) is 4.79 Å². The summed E-state index contributed by atoms with van der Waals surface area (Å²) in [5.41, 5.74) is 7.91. The van der Waals surface area contributed by atoms with E-state index in [4.69, 9.17) is 15.2 Å². The van der Waals surface area contributed by atoms with E-state index in [1.165, 1.54) is 14.2 Å². The maximum absolute atomic E-state index is 12.3. The molecule has 0 fully saturated rings. The molecule has 0 atom stereocenters. The summed E-state index contributed by atoms with van der Waals surface area (Å²) in [5, 5.41) is 6.89. The van der Waals surface area contributed by atoms with Gasteiger partial charge in [-0.15, -0.1) is 0 Å². The zero-order chi connectivity index (χ0) is 15.6. The molecule has 7 nitrogen and oxygen atoms in total. The van der Waals surface area contributed by atoms with Gasteiger partial charge < -0.3 is 20.5 Å². The Morgan fingerprint density at radius 3 is 2.43 bits per heavy atom. The standard InChI is InChI=1S/C14H18N4O3/c1-8-9(7-18(2)17-8)14(19)16-11-6-13(21-4)12(20-3)5-10(11)15/h5-7H,15H2,1-4H3,(H,16,19). The number of anilines is 2. The molecule has 0 unspecified atom stereocenters. The third-order valence-electron chi connectivity index (χ3n) is 3.06. The fourth-order valence-corrected chi connectivity index (χ4v) is 2.02. The second kappa shape index (κ2) is 5.74. The molecule has 3 N–H and O–H groups in total.